The van der Waals surface area contributed by atoms with E-state index < -0.39 is 0 Å². The number of nitrogens with zero attached hydrogens (tertiary/aromatic N) is 4. The van der Waals surface area contributed by atoms with Gasteiger partial charge in [-0.15, -0.1) is 17.5 Å². The molecule has 0 aromatic carbocycles. The quantitative estimate of drug-likeness (QED) is 0.498. The summed E-state index contributed by atoms with van der Waals surface area (Å²) < 4.78 is 0. The molecule has 23 heavy (non-hydrogen) atoms. The molecule has 0 saturated heterocycles. The van der Waals surface area contributed by atoms with Gasteiger partial charge < -0.3 is 11.5 Å². The van der Waals surface area contributed by atoms with Gasteiger partial charge in [-0.05, 0) is 37.1 Å². The molecule has 0 amide bonds. The van der Waals surface area contributed by atoms with Crippen molar-refractivity contribution >= 4 is 24.1 Å². The van der Waals surface area contributed by atoms with Gasteiger partial charge in [0.1, 0.15) is 0 Å². The molecule has 2 aromatic heterocycles. The minimum absolute atomic E-state index is 0. The van der Waals surface area contributed by atoms with Crippen molar-refractivity contribution in [2.24, 2.45) is 21.7 Å². The van der Waals surface area contributed by atoms with Crippen LogP contribution in [0.1, 0.15) is 34.9 Å². The van der Waals surface area contributed by atoms with E-state index in [0.717, 1.165) is 41.1 Å². The predicted molar refractivity (Wildman–Crippen MR) is 93.9 cm³/mol. The van der Waals surface area contributed by atoms with Gasteiger partial charge in [-0.2, -0.15) is 5.10 Å². The van der Waals surface area contributed by atoms with Crippen molar-refractivity contribution in [3.63, 3.8) is 0 Å². The molecule has 4 N–H and O–H groups in total. The van der Waals surface area contributed by atoms with Gasteiger partial charge in [0.15, 0.2) is 0 Å². The van der Waals surface area contributed by atoms with Gasteiger partial charge in [-0.3, -0.25) is 9.97 Å². The van der Waals surface area contributed by atoms with E-state index in [1.807, 2.05) is 37.4 Å². The van der Waals surface area contributed by atoms with E-state index >= 15 is 0 Å². The van der Waals surface area contributed by atoms with Crippen LogP contribution in [0, 0.1) is 6.92 Å². The highest BCUT2D eigenvalue weighted by Crippen LogP contribution is 2.32. The average Bonchev–Trinajstić information content (AvgIpc) is 2.53. The third-order valence-corrected chi connectivity index (χ3v) is 3.80. The largest absolute Gasteiger partial charge is 0.369 e. The second-order valence-electron chi connectivity index (χ2n) is 5.38. The lowest BCUT2D eigenvalue weighted by Crippen LogP contribution is -2.24. The normalized spacial score (nSPS) is 18.0. The summed E-state index contributed by atoms with van der Waals surface area (Å²) >= 11 is 0. The highest BCUT2D eigenvalue weighted by atomic mass is 35.5. The standard InChI is InChI=1S/C16H18N6.ClH/c1-10-5-7-20-13-8-11(12-4-2-3-6-19-12)9-14(15(10)13)21-22-16(17)18;/h2-7,11H,8-9H2,1H3,(H4,17,18,22);1H/b21-14-;. The molecule has 0 radical (unpaired) electrons. The predicted octanol–water partition coefficient (Wildman–Crippen LogP) is 1.91. The van der Waals surface area contributed by atoms with Crippen LogP contribution < -0.4 is 11.5 Å². The summed E-state index contributed by atoms with van der Waals surface area (Å²) in [5.74, 6) is 0.187. The van der Waals surface area contributed by atoms with Crippen LogP contribution in [0.2, 0.25) is 0 Å². The molecule has 0 aliphatic heterocycles. The van der Waals surface area contributed by atoms with Crippen molar-refractivity contribution in [2.45, 2.75) is 25.7 Å². The van der Waals surface area contributed by atoms with Crippen LogP contribution in [0.5, 0.6) is 0 Å². The second kappa shape index (κ2) is 7.19. The van der Waals surface area contributed by atoms with Crippen LogP contribution in [0.3, 0.4) is 0 Å². The number of pyridine rings is 2. The number of halogens is 1. The Morgan fingerprint density at radius 2 is 1.96 bits per heavy atom. The van der Waals surface area contributed by atoms with Crippen LogP contribution in [-0.2, 0) is 6.42 Å². The maximum atomic E-state index is 5.41. The number of hydrogen-bond acceptors (Lipinski definition) is 4. The van der Waals surface area contributed by atoms with Crippen LogP contribution in [0.15, 0.2) is 46.9 Å². The summed E-state index contributed by atoms with van der Waals surface area (Å²) in [6.07, 6.45) is 5.22. The van der Waals surface area contributed by atoms with Gasteiger partial charge in [0.25, 0.3) is 0 Å². The molecule has 0 bridgehead atoms. The minimum Gasteiger partial charge on any atom is -0.369 e. The van der Waals surface area contributed by atoms with Crippen molar-refractivity contribution in [1.29, 1.82) is 0 Å². The zero-order valence-corrected chi connectivity index (χ0v) is 13.6. The van der Waals surface area contributed by atoms with Gasteiger partial charge in [-0.25, -0.2) is 0 Å². The summed E-state index contributed by atoms with van der Waals surface area (Å²) in [4.78, 5) is 8.97. The summed E-state index contributed by atoms with van der Waals surface area (Å²) in [7, 11) is 0. The molecular formula is C16H19ClN6. The molecule has 0 spiro atoms. The monoisotopic (exact) mass is 330 g/mol. The Labute approximate surface area is 141 Å². The van der Waals surface area contributed by atoms with Gasteiger partial charge in [0.05, 0.1) is 11.4 Å². The average molecular weight is 331 g/mol. The molecule has 0 saturated carbocycles. The molecule has 6 nitrogen and oxygen atoms in total. The topological polar surface area (TPSA) is 103 Å². The van der Waals surface area contributed by atoms with Crippen molar-refractivity contribution in [2.75, 3.05) is 0 Å². The molecule has 2 heterocycles. The Balaban J connectivity index is 0.00000192. The summed E-state index contributed by atoms with van der Waals surface area (Å²) in [5, 5.41) is 8.08. The van der Waals surface area contributed by atoms with Gasteiger partial charge in [0, 0.05) is 36.0 Å². The number of fused-ring (bicyclic) bond motifs is 1. The number of guanidine groups is 1. The lowest BCUT2D eigenvalue weighted by atomic mass is 9.82. The first kappa shape index (κ1) is 16.9. The summed E-state index contributed by atoms with van der Waals surface area (Å²) in [6.45, 7) is 2.05. The number of aryl methyl sites for hydroxylation is 1. The van der Waals surface area contributed by atoms with Crippen molar-refractivity contribution in [3.8, 4) is 0 Å². The van der Waals surface area contributed by atoms with E-state index in [4.69, 9.17) is 11.5 Å². The molecule has 3 rings (SSSR count). The molecular weight excluding hydrogens is 312 g/mol. The van der Waals surface area contributed by atoms with Crippen molar-refractivity contribution < 1.29 is 0 Å². The Morgan fingerprint density at radius 3 is 2.65 bits per heavy atom. The van der Waals surface area contributed by atoms with E-state index in [0.29, 0.717) is 0 Å². The lowest BCUT2D eigenvalue weighted by molar-refractivity contribution is 0.657. The van der Waals surface area contributed by atoms with Gasteiger partial charge in [-0.1, -0.05) is 6.07 Å². The first-order valence-electron chi connectivity index (χ1n) is 7.16. The molecule has 120 valence electrons. The zero-order chi connectivity index (χ0) is 15.5. The molecule has 1 aliphatic carbocycles. The fraction of sp³-hybridized carbons (Fsp3) is 0.250. The molecule has 0 fully saturated rings. The number of aromatic nitrogens is 2. The van der Waals surface area contributed by atoms with Crippen LogP contribution in [0.25, 0.3) is 0 Å². The van der Waals surface area contributed by atoms with E-state index in [9.17, 15) is 0 Å². The zero-order valence-electron chi connectivity index (χ0n) is 12.8. The van der Waals surface area contributed by atoms with Gasteiger partial charge in [0.2, 0.25) is 5.96 Å². The maximum Gasteiger partial charge on any atom is 0.211 e. The van der Waals surface area contributed by atoms with Crippen molar-refractivity contribution in [1.82, 2.24) is 9.97 Å². The fourth-order valence-electron chi connectivity index (χ4n) is 2.84. The molecule has 7 heteroatoms. The highest BCUT2D eigenvalue weighted by Gasteiger charge is 2.27. The third kappa shape index (κ3) is 3.65. The second-order valence-corrected chi connectivity index (χ2v) is 5.38. The van der Waals surface area contributed by atoms with E-state index in [1.54, 1.807) is 6.20 Å². The van der Waals surface area contributed by atoms with Crippen LogP contribution >= 0.6 is 12.4 Å². The molecule has 1 aliphatic rings. The van der Waals surface area contributed by atoms with E-state index in [1.165, 1.54) is 0 Å². The van der Waals surface area contributed by atoms with E-state index in [-0.39, 0.29) is 24.3 Å². The van der Waals surface area contributed by atoms with Crippen LogP contribution in [0.4, 0.5) is 0 Å². The third-order valence-electron chi connectivity index (χ3n) is 3.80. The first-order chi connectivity index (χ1) is 10.6. The fourth-order valence-corrected chi connectivity index (χ4v) is 2.84. The molecule has 1 atom stereocenters. The summed E-state index contributed by atoms with van der Waals surface area (Å²) in [5.41, 5.74) is 15.9. The van der Waals surface area contributed by atoms with E-state index in [2.05, 4.69) is 20.2 Å². The Morgan fingerprint density at radius 1 is 1.13 bits per heavy atom. The molecule has 1 unspecified atom stereocenters. The molecule has 2 aromatic rings. The number of rotatable bonds is 2. The lowest BCUT2D eigenvalue weighted by Gasteiger charge is -2.25. The highest BCUT2D eigenvalue weighted by molar-refractivity contribution is 6.04. The van der Waals surface area contributed by atoms with Crippen LogP contribution in [-0.4, -0.2) is 21.6 Å². The maximum absolute atomic E-state index is 5.41. The Kier molecular flexibility index (Phi) is 5.28. The minimum atomic E-state index is -0.0458. The summed E-state index contributed by atoms with van der Waals surface area (Å²) in [6, 6.07) is 7.92. The van der Waals surface area contributed by atoms with Gasteiger partial charge >= 0.3 is 0 Å². The first-order valence-corrected chi connectivity index (χ1v) is 7.16. The van der Waals surface area contributed by atoms with Crippen molar-refractivity contribution in [3.05, 3.63) is 59.2 Å². The number of nitrogens with two attached hydrogens (primary N) is 2. The Hall–Kier alpha value is -2.47. The smallest absolute Gasteiger partial charge is 0.211 e. The Bertz CT molecular complexity index is 737. The number of hydrogen-bond donors (Lipinski definition) is 2. The SMILES string of the molecule is Cc1ccnc2c1/C(=N\N=C(N)N)CC(c1ccccn1)C2.Cl.